The fourth-order valence-corrected chi connectivity index (χ4v) is 10.7. The van der Waals surface area contributed by atoms with Crippen LogP contribution in [-0.2, 0) is 52.2 Å². The fraction of sp³-hybridized carbons (Fsp3) is 0.940. The van der Waals surface area contributed by atoms with E-state index in [2.05, 4.69) is 47.3 Å². The van der Waals surface area contributed by atoms with Crippen molar-refractivity contribution < 1.29 is 57.3 Å². The van der Waals surface area contributed by atoms with Crippen LogP contribution < -0.4 is 0 Å². The second-order valence-corrected chi connectivity index (χ2v) is 22.0. The molecule has 12 aliphatic rings. The standard InChI is InChI=1S/C14H20O4.C12H22O3.C10H16O2.C8H12O.C6H12O2/c15-14(9-2-4-11-13(6-9)18-11)16-7-8-1-3-10-12(5-8)17-10;1-3-11(5-13-6-11)9-15-10-12(4-2)7-14-8-12;1-9-5-7(10(2)6-11-10)3-4-8(9)12-9;1-2-6-3-4-7-8(5-6)9-7;1-2-6(3-7)4-8-5-6/h8-13H,1-7H2;3-10H2,1-2H3;7-8H,3-6H2,1-2H3;2,6-8H,1,3-5H2;7H,2-5H2,1H3. The van der Waals surface area contributed by atoms with Gasteiger partial charge >= 0.3 is 5.97 Å². The molecule has 62 heavy (non-hydrogen) atoms. The number of allylic oxidation sites excluding steroid dienone is 1. The Kier molecular flexibility index (Phi) is 15.2. The van der Waals surface area contributed by atoms with Crippen LogP contribution in [0.5, 0.6) is 0 Å². The number of esters is 1. The predicted octanol–water partition coefficient (Wildman–Crippen LogP) is 7.40. The van der Waals surface area contributed by atoms with E-state index in [9.17, 15) is 4.79 Å². The molecule has 8 saturated heterocycles. The Hall–Kier alpha value is -1.19. The summed E-state index contributed by atoms with van der Waals surface area (Å²) < 4.78 is 54.3. The van der Waals surface area contributed by atoms with E-state index in [1.54, 1.807) is 0 Å². The van der Waals surface area contributed by atoms with Gasteiger partial charge in [-0.05, 0) is 128 Å². The Balaban J connectivity index is 0.000000110. The van der Waals surface area contributed by atoms with Crippen LogP contribution >= 0.6 is 0 Å². The van der Waals surface area contributed by atoms with Crippen molar-refractivity contribution in [2.45, 2.75) is 185 Å². The van der Waals surface area contributed by atoms with Gasteiger partial charge in [0.15, 0.2) is 0 Å². The molecule has 8 heterocycles. The molecule has 12 nitrogen and oxygen atoms in total. The molecule has 12 fully saturated rings. The third kappa shape index (κ3) is 11.8. The Morgan fingerprint density at radius 1 is 0.661 bits per heavy atom. The van der Waals surface area contributed by atoms with Crippen molar-refractivity contribution in [2.24, 2.45) is 39.9 Å². The number of rotatable bonds is 13. The van der Waals surface area contributed by atoms with Crippen molar-refractivity contribution in [3.8, 4) is 0 Å². The lowest BCUT2D eigenvalue weighted by molar-refractivity contribution is -0.187. The van der Waals surface area contributed by atoms with Gasteiger partial charge in [-0.25, -0.2) is 0 Å². The molecule has 13 unspecified atom stereocenters. The van der Waals surface area contributed by atoms with Crippen molar-refractivity contribution in [3.05, 3.63) is 12.7 Å². The normalized spacial score (nSPS) is 42.9. The second kappa shape index (κ2) is 20.0. The van der Waals surface area contributed by atoms with Crippen LogP contribution in [0.25, 0.3) is 0 Å². The number of epoxide rings is 5. The van der Waals surface area contributed by atoms with E-state index in [0.717, 1.165) is 129 Å². The smallest absolute Gasteiger partial charge is 0.309 e. The number of aliphatic hydroxyl groups is 1. The number of fused-ring (bicyclic) bond motifs is 4. The summed E-state index contributed by atoms with van der Waals surface area (Å²) >= 11 is 0. The van der Waals surface area contributed by atoms with Crippen molar-refractivity contribution in [1.82, 2.24) is 0 Å². The maximum Gasteiger partial charge on any atom is 0.309 e. The molecule has 8 aliphatic heterocycles. The SMILES string of the molecule is C=CC1CCC2OC2C1.CC1(C2CCC3OC3(C)C2)CO1.CCC1(CO)COC1.CCC1(COCC2(CC)COC2)COC1.O=C(OCC1CCC2OC2C1)C1CCC2OC2C1. The number of ether oxygens (including phenoxy) is 10. The van der Waals surface area contributed by atoms with E-state index in [1.807, 2.05) is 0 Å². The Bertz CT molecular complexity index is 1430. The van der Waals surface area contributed by atoms with E-state index < -0.39 is 0 Å². The largest absolute Gasteiger partial charge is 0.465 e. The highest BCUT2D eigenvalue weighted by atomic mass is 16.6. The molecule has 0 spiro atoms. The number of aliphatic hydroxyl groups excluding tert-OH is 1. The van der Waals surface area contributed by atoms with Crippen molar-refractivity contribution >= 4 is 5.97 Å². The molecule has 0 aromatic heterocycles. The van der Waals surface area contributed by atoms with E-state index in [1.165, 1.54) is 38.5 Å². The zero-order chi connectivity index (χ0) is 43.6. The molecule has 4 aliphatic carbocycles. The minimum absolute atomic E-state index is 0.00258. The molecule has 0 bridgehead atoms. The van der Waals surface area contributed by atoms with Gasteiger partial charge in [-0.3, -0.25) is 4.79 Å². The lowest BCUT2D eigenvalue weighted by atomic mass is 9.76. The zero-order valence-electron chi connectivity index (χ0n) is 39.0. The summed E-state index contributed by atoms with van der Waals surface area (Å²) in [5.41, 5.74) is 1.23. The van der Waals surface area contributed by atoms with Gasteiger partial charge in [-0.2, -0.15) is 0 Å². The molecule has 0 radical (unpaired) electrons. The van der Waals surface area contributed by atoms with Gasteiger partial charge in [0.2, 0.25) is 0 Å². The van der Waals surface area contributed by atoms with E-state index in [-0.39, 0.29) is 35.1 Å². The molecule has 12 heteroatoms. The van der Waals surface area contributed by atoms with Crippen molar-refractivity contribution in [3.63, 3.8) is 0 Å². The number of hydrogen-bond donors (Lipinski definition) is 1. The molecule has 0 amide bonds. The van der Waals surface area contributed by atoms with Gasteiger partial charge < -0.3 is 52.5 Å². The first-order chi connectivity index (χ1) is 29.9. The molecule has 0 aromatic rings. The average Bonchev–Trinajstić information content (AvgIpc) is 4.02. The van der Waals surface area contributed by atoms with Crippen molar-refractivity contribution in [1.29, 1.82) is 0 Å². The number of hydrogen-bond acceptors (Lipinski definition) is 12. The van der Waals surface area contributed by atoms with Gasteiger partial charge in [0.25, 0.3) is 0 Å². The highest BCUT2D eigenvalue weighted by Crippen LogP contribution is 2.55. The summed E-state index contributed by atoms with van der Waals surface area (Å²) in [6.45, 7) is 23.3. The quantitative estimate of drug-likeness (QED) is 0.112. The van der Waals surface area contributed by atoms with Crippen LogP contribution in [0.1, 0.15) is 131 Å². The van der Waals surface area contributed by atoms with Gasteiger partial charge in [0.05, 0.1) is 133 Å². The van der Waals surface area contributed by atoms with Gasteiger partial charge in [-0.15, -0.1) is 6.58 Å². The molecule has 13 atom stereocenters. The summed E-state index contributed by atoms with van der Waals surface area (Å²) in [6.07, 6.45) is 22.8. The van der Waals surface area contributed by atoms with Crippen LogP contribution in [-0.4, -0.2) is 138 Å². The molecule has 0 aromatic carbocycles. The maximum atomic E-state index is 12.0. The van der Waals surface area contributed by atoms with Gasteiger partial charge in [0, 0.05) is 16.2 Å². The van der Waals surface area contributed by atoms with Crippen LogP contribution in [0.4, 0.5) is 0 Å². The third-order valence-corrected chi connectivity index (χ3v) is 17.1. The summed E-state index contributed by atoms with van der Waals surface area (Å²) in [6, 6.07) is 0. The van der Waals surface area contributed by atoms with Crippen LogP contribution in [0, 0.1) is 39.9 Å². The predicted molar refractivity (Wildman–Crippen MR) is 233 cm³/mol. The molecular weight excluding hydrogens is 793 g/mol. The first-order valence-corrected chi connectivity index (χ1v) is 24.9. The van der Waals surface area contributed by atoms with Crippen molar-refractivity contribution in [2.75, 3.05) is 72.7 Å². The van der Waals surface area contributed by atoms with Crippen LogP contribution in [0.15, 0.2) is 12.7 Å². The van der Waals surface area contributed by atoms with Gasteiger partial charge in [0.1, 0.15) is 0 Å². The molecule has 12 rings (SSSR count). The summed E-state index contributed by atoms with van der Waals surface area (Å²) in [4.78, 5) is 12.0. The minimum Gasteiger partial charge on any atom is -0.465 e. The van der Waals surface area contributed by atoms with Crippen LogP contribution in [0.2, 0.25) is 0 Å². The molecular formula is C50H82O12. The monoisotopic (exact) mass is 875 g/mol. The van der Waals surface area contributed by atoms with E-state index >= 15 is 0 Å². The maximum absolute atomic E-state index is 12.0. The minimum atomic E-state index is 0.00258. The fourth-order valence-electron chi connectivity index (χ4n) is 10.7. The lowest BCUT2D eigenvalue weighted by Crippen LogP contribution is -2.49. The molecule has 1 N–H and O–H groups in total. The number of carbonyl (C=O) groups is 1. The Morgan fingerprint density at radius 3 is 1.65 bits per heavy atom. The summed E-state index contributed by atoms with van der Waals surface area (Å²) in [5.74, 6) is 2.10. The first kappa shape index (κ1) is 47.3. The van der Waals surface area contributed by atoms with Gasteiger partial charge in [-0.1, -0.05) is 26.8 Å². The second-order valence-electron chi connectivity index (χ2n) is 22.0. The zero-order valence-corrected chi connectivity index (χ0v) is 39.0. The number of carbonyl (C=O) groups excluding carboxylic acids is 1. The first-order valence-electron chi connectivity index (χ1n) is 24.9. The van der Waals surface area contributed by atoms with E-state index in [0.29, 0.717) is 66.1 Å². The highest BCUT2D eigenvalue weighted by molar-refractivity contribution is 5.72. The average molecular weight is 875 g/mol. The lowest BCUT2D eigenvalue weighted by Gasteiger charge is -2.44. The molecule has 354 valence electrons. The third-order valence-electron chi connectivity index (χ3n) is 17.1. The summed E-state index contributed by atoms with van der Waals surface area (Å²) in [7, 11) is 0. The Labute approximate surface area is 372 Å². The highest BCUT2D eigenvalue weighted by Gasteiger charge is 2.61. The topological polar surface area (TPSA) is 146 Å². The summed E-state index contributed by atoms with van der Waals surface area (Å²) in [5, 5.41) is 8.76. The Morgan fingerprint density at radius 2 is 1.21 bits per heavy atom. The molecule has 4 saturated carbocycles. The van der Waals surface area contributed by atoms with E-state index in [4.69, 9.17) is 52.5 Å². The van der Waals surface area contributed by atoms with Crippen LogP contribution in [0.3, 0.4) is 0 Å².